The normalized spacial score (nSPS) is 13.7. The van der Waals surface area contributed by atoms with E-state index in [1.54, 1.807) is 11.8 Å². The molecule has 2 heterocycles. The second kappa shape index (κ2) is 7.69. The molecule has 1 aliphatic carbocycles. The van der Waals surface area contributed by atoms with Crippen molar-refractivity contribution in [1.29, 1.82) is 0 Å². The van der Waals surface area contributed by atoms with Crippen LogP contribution >= 0.6 is 23.4 Å². The summed E-state index contributed by atoms with van der Waals surface area (Å²) in [6.07, 6.45) is 4.55. The molecule has 7 heteroatoms. The van der Waals surface area contributed by atoms with E-state index < -0.39 is 0 Å². The van der Waals surface area contributed by atoms with Crippen LogP contribution in [0.5, 0.6) is 0 Å². The van der Waals surface area contributed by atoms with Gasteiger partial charge in [-0.25, -0.2) is 4.68 Å². The van der Waals surface area contributed by atoms with Gasteiger partial charge in [-0.2, -0.15) is 5.10 Å². The number of para-hydroxylation sites is 1. The van der Waals surface area contributed by atoms with E-state index in [-0.39, 0.29) is 0 Å². The molecule has 146 valence electrons. The number of nitrogens with zero attached hydrogens (tertiary/aromatic N) is 5. The average Bonchev–Trinajstić information content (AvgIpc) is 3.39. The van der Waals surface area contributed by atoms with Gasteiger partial charge in [-0.15, -0.1) is 10.2 Å². The smallest absolute Gasteiger partial charge is 0.191 e. The Morgan fingerprint density at radius 2 is 1.79 bits per heavy atom. The van der Waals surface area contributed by atoms with Crippen LogP contribution in [0.25, 0.3) is 16.9 Å². The summed E-state index contributed by atoms with van der Waals surface area (Å²) in [5.74, 6) is 2.46. The van der Waals surface area contributed by atoms with E-state index in [9.17, 15) is 0 Å². The molecule has 0 saturated heterocycles. The molecule has 5 rings (SSSR count). The fourth-order valence-electron chi connectivity index (χ4n) is 3.37. The van der Waals surface area contributed by atoms with Crippen molar-refractivity contribution in [3.8, 4) is 16.9 Å². The van der Waals surface area contributed by atoms with Crippen LogP contribution in [-0.2, 0) is 12.8 Å². The zero-order chi connectivity index (χ0) is 19.8. The topological polar surface area (TPSA) is 48.5 Å². The van der Waals surface area contributed by atoms with Crippen molar-refractivity contribution in [3.05, 3.63) is 77.2 Å². The van der Waals surface area contributed by atoms with Crippen LogP contribution in [0.3, 0.4) is 0 Å². The van der Waals surface area contributed by atoms with E-state index in [4.69, 9.17) is 16.7 Å². The number of aromatic nitrogens is 5. The van der Waals surface area contributed by atoms with Gasteiger partial charge in [0, 0.05) is 41.1 Å². The number of hydrogen-bond acceptors (Lipinski definition) is 4. The van der Waals surface area contributed by atoms with Gasteiger partial charge in [-0.3, -0.25) is 0 Å². The molecule has 1 aliphatic rings. The Balaban J connectivity index is 1.47. The SMILES string of the molecule is Cn1c(SCc2cn(-c3ccccc3)nc2-c2ccc(Cl)cc2)nnc1C1CC1. The first-order chi connectivity index (χ1) is 14.2. The maximum absolute atomic E-state index is 6.08. The summed E-state index contributed by atoms with van der Waals surface area (Å²) in [7, 11) is 2.06. The predicted molar refractivity (Wildman–Crippen MR) is 117 cm³/mol. The lowest BCUT2D eigenvalue weighted by molar-refractivity contribution is 0.736. The monoisotopic (exact) mass is 421 g/mol. The van der Waals surface area contributed by atoms with Crippen molar-refractivity contribution in [3.63, 3.8) is 0 Å². The Morgan fingerprint density at radius 1 is 1.03 bits per heavy atom. The van der Waals surface area contributed by atoms with Crippen LogP contribution in [0, 0.1) is 0 Å². The summed E-state index contributed by atoms with van der Waals surface area (Å²) in [6.45, 7) is 0. The van der Waals surface area contributed by atoms with Crippen molar-refractivity contribution >= 4 is 23.4 Å². The number of benzene rings is 2. The summed E-state index contributed by atoms with van der Waals surface area (Å²) < 4.78 is 4.07. The zero-order valence-electron chi connectivity index (χ0n) is 16.0. The van der Waals surface area contributed by atoms with Gasteiger partial charge < -0.3 is 4.57 Å². The summed E-state index contributed by atoms with van der Waals surface area (Å²) in [5.41, 5.74) is 4.20. The Kier molecular flexibility index (Phi) is 4.89. The summed E-state index contributed by atoms with van der Waals surface area (Å²) in [4.78, 5) is 0. The first kappa shape index (κ1) is 18.5. The van der Waals surface area contributed by atoms with Crippen LogP contribution in [0.2, 0.25) is 5.02 Å². The first-order valence-corrected chi connectivity index (χ1v) is 11.0. The standard InChI is InChI=1S/C22H20ClN5S/c1-27-21(16-7-8-16)24-25-22(27)29-14-17-13-28(19-5-3-2-4-6-19)26-20(17)15-9-11-18(23)12-10-15/h2-6,9-13,16H,7-8,14H2,1H3. The second-order valence-electron chi connectivity index (χ2n) is 7.25. The highest BCUT2D eigenvalue weighted by Gasteiger charge is 2.29. The molecule has 0 N–H and O–H groups in total. The van der Waals surface area contributed by atoms with Gasteiger partial charge in [0.15, 0.2) is 5.16 Å². The van der Waals surface area contributed by atoms with E-state index in [2.05, 4.69) is 40.1 Å². The van der Waals surface area contributed by atoms with Crippen molar-refractivity contribution in [2.75, 3.05) is 0 Å². The number of halogens is 1. The molecule has 1 saturated carbocycles. The van der Waals surface area contributed by atoms with E-state index in [1.807, 2.05) is 47.1 Å². The third-order valence-electron chi connectivity index (χ3n) is 5.10. The maximum Gasteiger partial charge on any atom is 0.191 e. The van der Waals surface area contributed by atoms with E-state index >= 15 is 0 Å². The number of hydrogen-bond donors (Lipinski definition) is 0. The molecule has 0 atom stereocenters. The highest BCUT2D eigenvalue weighted by molar-refractivity contribution is 7.98. The molecule has 2 aromatic carbocycles. The van der Waals surface area contributed by atoms with Crippen molar-refractivity contribution < 1.29 is 0 Å². The minimum atomic E-state index is 0.590. The third-order valence-corrected chi connectivity index (χ3v) is 6.42. The predicted octanol–water partition coefficient (Wildman–Crippen LogP) is 5.49. The lowest BCUT2D eigenvalue weighted by Gasteiger charge is -2.04. The van der Waals surface area contributed by atoms with E-state index in [0.29, 0.717) is 5.92 Å². The molecule has 0 spiro atoms. The minimum absolute atomic E-state index is 0.590. The largest absolute Gasteiger partial charge is 0.309 e. The maximum atomic E-state index is 6.08. The Hall–Kier alpha value is -2.57. The van der Waals surface area contributed by atoms with Crippen LogP contribution in [0.4, 0.5) is 0 Å². The second-order valence-corrected chi connectivity index (χ2v) is 8.63. The van der Waals surface area contributed by atoms with Crippen LogP contribution < -0.4 is 0 Å². The van der Waals surface area contributed by atoms with Crippen molar-refractivity contribution in [2.45, 2.75) is 29.7 Å². The van der Waals surface area contributed by atoms with Gasteiger partial charge >= 0.3 is 0 Å². The summed E-state index contributed by atoms with van der Waals surface area (Å²) >= 11 is 7.78. The molecule has 29 heavy (non-hydrogen) atoms. The summed E-state index contributed by atoms with van der Waals surface area (Å²) in [5, 5.41) is 15.3. The van der Waals surface area contributed by atoms with Gasteiger partial charge in [-0.1, -0.05) is 53.7 Å². The van der Waals surface area contributed by atoms with E-state index in [1.165, 1.54) is 12.8 Å². The quantitative estimate of drug-likeness (QED) is 0.386. The van der Waals surface area contributed by atoms with Crippen LogP contribution in [-0.4, -0.2) is 24.5 Å². The molecule has 0 bridgehead atoms. The van der Waals surface area contributed by atoms with Gasteiger partial charge in [0.2, 0.25) is 0 Å². The molecule has 0 aliphatic heterocycles. The number of rotatable bonds is 6. The van der Waals surface area contributed by atoms with Gasteiger partial charge in [0.05, 0.1) is 11.4 Å². The minimum Gasteiger partial charge on any atom is -0.309 e. The Bertz CT molecular complexity index is 1130. The van der Waals surface area contributed by atoms with Crippen molar-refractivity contribution in [2.24, 2.45) is 7.05 Å². The van der Waals surface area contributed by atoms with Gasteiger partial charge in [0.1, 0.15) is 5.82 Å². The highest BCUT2D eigenvalue weighted by atomic mass is 35.5. The molecule has 4 aromatic rings. The van der Waals surface area contributed by atoms with Gasteiger partial charge in [-0.05, 0) is 37.1 Å². The summed E-state index contributed by atoms with van der Waals surface area (Å²) in [6, 6.07) is 18.0. The highest BCUT2D eigenvalue weighted by Crippen LogP contribution is 2.40. The first-order valence-electron chi connectivity index (χ1n) is 9.61. The fourth-order valence-corrected chi connectivity index (χ4v) is 4.38. The zero-order valence-corrected chi connectivity index (χ0v) is 17.6. The molecule has 0 radical (unpaired) electrons. The number of thioether (sulfide) groups is 1. The Labute approximate surface area is 178 Å². The third kappa shape index (κ3) is 3.82. The van der Waals surface area contributed by atoms with Crippen LogP contribution in [0.15, 0.2) is 66.0 Å². The fraction of sp³-hybridized carbons (Fsp3) is 0.227. The molecular formula is C22H20ClN5S. The van der Waals surface area contributed by atoms with E-state index in [0.717, 1.165) is 44.3 Å². The molecule has 2 aromatic heterocycles. The molecule has 0 amide bonds. The average molecular weight is 422 g/mol. The lowest BCUT2D eigenvalue weighted by atomic mass is 10.1. The molecular weight excluding hydrogens is 402 g/mol. The lowest BCUT2D eigenvalue weighted by Crippen LogP contribution is -1.97. The molecule has 1 fully saturated rings. The Morgan fingerprint density at radius 3 is 2.52 bits per heavy atom. The van der Waals surface area contributed by atoms with Gasteiger partial charge in [0.25, 0.3) is 0 Å². The molecule has 5 nitrogen and oxygen atoms in total. The van der Waals surface area contributed by atoms with Crippen molar-refractivity contribution in [1.82, 2.24) is 24.5 Å². The molecule has 0 unspecified atom stereocenters. The van der Waals surface area contributed by atoms with Crippen LogP contribution in [0.1, 0.15) is 30.1 Å².